The van der Waals surface area contributed by atoms with E-state index in [0.29, 0.717) is 0 Å². The van der Waals surface area contributed by atoms with Crippen LogP contribution in [0.2, 0.25) is 0 Å². The molecule has 0 radical (unpaired) electrons. The Labute approximate surface area is 132 Å². The molecule has 0 saturated heterocycles. The molecule has 0 bridgehead atoms. The molecule has 2 aliphatic rings. The van der Waals surface area contributed by atoms with E-state index in [0.717, 1.165) is 25.7 Å². The van der Waals surface area contributed by atoms with Crippen LogP contribution in [0, 0.1) is 0 Å². The first-order valence-corrected chi connectivity index (χ1v) is 8.25. The minimum absolute atomic E-state index is 0.0777. The Kier molecular flexibility index (Phi) is 3.67. The number of hydrogen-bond donors (Lipinski definition) is 0. The van der Waals surface area contributed by atoms with E-state index < -0.39 is 0 Å². The fourth-order valence-corrected chi connectivity index (χ4v) is 4.22. The summed E-state index contributed by atoms with van der Waals surface area (Å²) in [5.41, 5.74) is 3.90. The Morgan fingerprint density at radius 1 is 1.09 bits per heavy atom. The molecule has 1 heterocycles. The SMILES string of the molecule is CCc1cccc2c1[C@@H](N1C(=O)C=CC1=O)CC2(CC)CC. The van der Waals surface area contributed by atoms with Crippen LogP contribution in [0.15, 0.2) is 30.4 Å². The maximum Gasteiger partial charge on any atom is 0.254 e. The van der Waals surface area contributed by atoms with E-state index in [-0.39, 0.29) is 23.3 Å². The molecule has 3 rings (SSSR count). The number of nitrogens with zero attached hydrogens (tertiary/aromatic N) is 1. The fraction of sp³-hybridized carbons (Fsp3) is 0.474. The molecular weight excluding hydrogens is 274 g/mol. The summed E-state index contributed by atoms with van der Waals surface area (Å²) in [6.45, 7) is 6.55. The molecule has 0 fully saturated rings. The second-order valence-electron chi connectivity index (χ2n) is 6.32. The summed E-state index contributed by atoms with van der Waals surface area (Å²) in [5, 5.41) is 0. The van der Waals surface area contributed by atoms with Crippen LogP contribution in [-0.4, -0.2) is 16.7 Å². The molecular formula is C19H23NO2. The van der Waals surface area contributed by atoms with Gasteiger partial charge >= 0.3 is 0 Å². The molecule has 0 spiro atoms. The van der Waals surface area contributed by atoms with Gasteiger partial charge in [-0.1, -0.05) is 39.0 Å². The first-order chi connectivity index (χ1) is 10.6. The Morgan fingerprint density at radius 2 is 1.73 bits per heavy atom. The van der Waals surface area contributed by atoms with Crippen molar-refractivity contribution in [3.05, 3.63) is 47.0 Å². The highest BCUT2D eigenvalue weighted by molar-refractivity contribution is 6.13. The van der Waals surface area contributed by atoms with E-state index in [4.69, 9.17) is 0 Å². The lowest BCUT2D eigenvalue weighted by molar-refractivity contribution is -0.139. The summed E-state index contributed by atoms with van der Waals surface area (Å²) in [5.74, 6) is -0.343. The molecule has 22 heavy (non-hydrogen) atoms. The number of carbonyl (C=O) groups is 2. The van der Waals surface area contributed by atoms with Crippen LogP contribution >= 0.6 is 0 Å². The fourth-order valence-electron chi connectivity index (χ4n) is 4.22. The van der Waals surface area contributed by atoms with E-state index in [2.05, 4.69) is 39.0 Å². The van der Waals surface area contributed by atoms with Crippen molar-refractivity contribution in [2.75, 3.05) is 0 Å². The van der Waals surface area contributed by atoms with E-state index in [1.54, 1.807) is 0 Å². The normalized spacial score (nSPS) is 22.5. The number of hydrogen-bond acceptors (Lipinski definition) is 2. The van der Waals surface area contributed by atoms with Gasteiger partial charge in [0.2, 0.25) is 0 Å². The molecule has 1 aliphatic carbocycles. The van der Waals surface area contributed by atoms with Crippen molar-refractivity contribution in [1.82, 2.24) is 4.90 Å². The summed E-state index contributed by atoms with van der Waals surface area (Å²) in [6, 6.07) is 6.33. The predicted octanol–water partition coefficient (Wildman–Crippen LogP) is 3.68. The highest BCUT2D eigenvalue weighted by Crippen LogP contribution is 2.52. The molecule has 0 aromatic heterocycles. The molecule has 116 valence electrons. The second-order valence-corrected chi connectivity index (χ2v) is 6.32. The van der Waals surface area contributed by atoms with Gasteiger partial charge in [0.1, 0.15) is 0 Å². The number of imide groups is 1. The van der Waals surface area contributed by atoms with Gasteiger partial charge in [-0.05, 0) is 47.8 Å². The van der Waals surface area contributed by atoms with Crippen molar-refractivity contribution < 1.29 is 9.59 Å². The molecule has 3 heteroatoms. The number of carbonyl (C=O) groups excluding carboxylic acids is 2. The van der Waals surface area contributed by atoms with Gasteiger partial charge < -0.3 is 0 Å². The van der Waals surface area contributed by atoms with Gasteiger partial charge in [0.05, 0.1) is 6.04 Å². The Morgan fingerprint density at radius 3 is 2.27 bits per heavy atom. The number of rotatable bonds is 4. The van der Waals surface area contributed by atoms with Gasteiger partial charge in [0.25, 0.3) is 11.8 Å². The van der Waals surface area contributed by atoms with Gasteiger partial charge in [0, 0.05) is 12.2 Å². The Balaban J connectivity index is 2.16. The van der Waals surface area contributed by atoms with Gasteiger partial charge in [-0.2, -0.15) is 0 Å². The van der Waals surface area contributed by atoms with Crippen LogP contribution in [0.25, 0.3) is 0 Å². The quantitative estimate of drug-likeness (QED) is 0.795. The molecule has 3 nitrogen and oxygen atoms in total. The van der Waals surface area contributed by atoms with E-state index >= 15 is 0 Å². The number of amides is 2. The first-order valence-electron chi connectivity index (χ1n) is 8.25. The molecule has 1 aromatic rings. The number of aryl methyl sites for hydroxylation is 1. The molecule has 1 aliphatic heterocycles. The van der Waals surface area contributed by atoms with Gasteiger partial charge in [0.15, 0.2) is 0 Å². The maximum atomic E-state index is 12.2. The Hall–Kier alpha value is -1.90. The van der Waals surface area contributed by atoms with Crippen molar-refractivity contribution in [2.24, 2.45) is 0 Å². The Bertz CT molecular complexity index is 637. The largest absolute Gasteiger partial charge is 0.269 e. The minimum atomic E-state index is -0.171. The third kappa shape index (κ3) is 1.95. The number of benzene rings is 1. The van der Waals surface area contributed by atoms with Crippen LogP contribution in [-0.2, 0) is 21.4 Å². The lowest BCUT2D eigenvalue weighted by atomic mass is 9.77. The van der Waals surface area contributed by atoms with Crippen molar-refractivity contribution in [3.63, 3.8) is 0 Å². The highest BCUT2D eigenvalue weighted by atomic mass is 16.2. The monoisotopic (exact) mass is 297 g/mol. The summed E-state index contributed by atoms with van der Waals surface area (Å²) < 4.78 is 0. The second kappa shape index (κ2) is 5.38. The lowest BCUT2D eigenvalue weighted by Gasteiger charge is -2.29. The zero-order valence-electron chi connectivity index (χ0n) is 13.6. The van der Waals surface area contributed by atoms with Crippen LogP contribution in [0.3, 0.4) is 0 Å². The van der Waals surface area contributed by atoms with Crippen LogP contribution < -0.4 is 0 Å². The average molecular weight is 297 g/mol. The van der Waals surface area contributed by atoms with Crippen LogP contribution in [0.1, 0.15) is 62.8 Å². The van der Waals surface area contributed by atoms with Gasteiger partial charge in [-0.3, -0.25) is 14.5 Å². The zero-order chi connectivity index (χ0) is 15.9. The average Bonchev–Trinajstić information content (AvgIpc) is 3.05. The minimum Gasteiger partial charge on any atom is -0.269 e. The van der Waals surface area contributed by atoms with Crippen molar-refractivity contribution in [1.29, 1.82) is 0 Å². The molecule has 0 N–H and O–H groups in total. The van der Waals surface area contributed by atoms with E-state index in [9.17, 15) is 9.59 Å². The van der Waals surface area contributed by atoms with Gasteiger partial charge in [-0.25, -0.2) is 0 Å². The summed E-state index contributed by atoms with van der Waals surface area (Å²) in [7, 11) is 0. The van der Waals surface area contributed by atoms with Gasteiger partial charge in [-0.15, -0.1) is 0 Å². The summed E-state index contributed by atoms with van der Waals surface area (Å²) in [6.07, 6.45) is 6.63. The van der Waals surface area contributed by atoms with Crippen molar-refractivity contribution in [2.45, 2.75) is 57.9 Å². The van der Waals surface area contributed by atoms with Crippen LogP contribution in [0.5, 0.6) is 0 Å². The maximum absolute atomic E-state index is 12.2. The third-order valence-electron chi connectivity index (χ3n) is 5.57. The lowest BCUT2D eigenvalue weighted by Crippen LogP contribution is -2.34. The zero-order valence-corrected chi connectivity index (χ0v) is 13.6. The summed E-state index contributed by atoms with van der Waals surface area (Å²) in [4.78, 5) is 25.8. The predicted molar refractivity (Wildman–Crippen MR) is 86.4 cm³/mol. The van der Waals surface area contributed by atoms with Crippen molar-refractivity contribution in [3.8, 4) is 0 Å². The molecule has 1 atom stereocenters. The number of fused-ring (bicyclic) bond motifs is 1. The smallest absolute Gasteiger partial charge is 0.254 e. The van der Waals surface area contributed by atoms with Crippen LogP contribution in [0.4, 0.5) is 0 Å². The third-order valence-corrected chi connectivity index (χ3v) is 5.57. The molecule has 2 amide bonds. The topological polar surface area (TPSA) is 37.4 Å². The molecule has 0 saturated carbocycles. The van der Waals surface area contributed by atoms with Crippen molar-refractivity contribution >= 4 is 11.8 Å². The first kappa shape index (κ1) is 15.0. The van der Waals surface area contributed by atoms with E-state index in [1.165, 1.54) is 33.7 Å². The summed E-state index contributed by atoms with van der Waals surface area (Å²) >= 11 is 0. The van der Waals surface area contributed by atoms with E-state index in [1.807, 2.05) is 0 Å². The highest BCUT2D eigenvalue weighted by Gasteiger charge is 2.47. The molecule has 1 aromatic carbocycles. The molecule has 0 unspecified atom stereocenters. The standard InChI is InChI=1S/C19H23NO2/c1-4-13-8-7-9-14-18(13)15(12-19(14,5-2)6-3)20-16(21)10-11-17(20)22/h7-11,15H,4-6,12H2,1-3H3/t15-/m0/s1.